The van der Waals surface area contributed by atoms with E-state index in [1.807, 2.05) is 32.0 Å². The van der Waals surface area contributed by atoms with Crippen molar-refractivity contribution in [3.8, 4) is 5.75 Å². The number of aromatic nitrogens is 3. The zero-order chi connectivity index (χ0) is 16.1. The van der Waals surface area contributed by atoms with E-state index in [0.29, 0.717) is 5.75 Å². The number of aryl methyl sites for hydroxylation is 2. The van der Waals surface area contributed by atoms with Crippen LogP contribution in [0.4, 0.5) is 11.9 Å². The lowest BCUT2D eigenvalue weighted by Gasteiger charge is -2.08. The molecule has 0 saturated carbocycles. The summed E-state index contributed by atoms with van der Waals surface area (Å²) in [6, 6.07) is 5.70. The van der Waals surface area contributed by atoms with Crippen molar-refractivity contribution < 1.29 is 14.3 Å². The van der Waals surface area contributed by atoms with Gasteiger partial charge in [0.1, 0.15) is 5.75 Å². The second kappa shape index (κ2) is 6.70. The van der Waals surface area contributed by atoms with Gasteiger partial charge >= 0.3 is 5.97 Å². The molecule has 2 aromatic rings. The Morgan fingerprint density at radius 3 is 2.23 bits per heavy atom. The van der Waals surface area contributed by atoms with E-state index >= 15 is 0 Å². The Hall–Kier alpha value is -2.90. The van der Waals surface area contributed by atoms with Crippen LogP contribution in [0, 0.1) is 13.8 Å². The molecule has 0 unspecified atom stereocenters. The zero-order valence-corrected chi connectivity index (χ0v) is 12.4. The molecule has 116 valence electrons. The van der Waals surface area contributed by atoms with Gasteiger partial charge in [-0.05, 0) is 37.1 Å². The Balaban J connectivity index is 1.85. The van der Waals surface area contributed by atoms with Crippen molar-refractivity contribution in [1.29, 1.82) is 0 Å². The molecule has 0 atom stereocenters. The molecule has 0 fully saturated rings. The summed E-state index contributed by atoms with van der Waals surface area (Å²) in [4.78, 5) is 22.9. The minimum atomic E-state index is -0.545. The molecule has 8 nitrogen and oxygen atoms in total. The summed E-state index contributed by atoms with van der Waals surface area (Å²) in [5.74, 6) is 0.208. The van der Waals surface area contributed by atoms with E-state index in [1.165, 1.54) is 0 Å². The summed E-state index contributed by atoms with van der Waals surface area (Å²) in [6.45, 7) is 3.55. The number of benzene rings is 1. The molecule has 0 amide bonds. The number of ether oxygens (including phenoxy) is 2. The smallest absolute Gasteiger partial charge is 0.344 e. The number of carbonyl (C=O) groups excluding carboxylic acids is 1. The average Bonchev–Trinajstić information content (AvgIpc) is 2.41. The molecule has 0 aliphatic heterocycles. The van der Waals surface area contributed by atoms with Crippen LogP contribution in [0.25, 0.3) is 0 Å². The van der Waals surface area contributed by atoms with E-state index in [1.54, 1.807) is 0 Å². The fraction of sp³-hybridized carbons (Fsp3) is 0.286. The number of nitrogens with two attached hydrogens (primary N) is 2. The molecule has 0 radical (unpaired) electrons. The maximum atomic E-state index is 11.6. The van der Waals surface area contributed by atoms with E-state index in [4.69, 9.17) is 20.9 Å². The molecular weight excluding hydrogens is 286 g/mol. The zero-order valence-electron chi connectivity index (χ0n) is 12.4. The Morgan fingerprint density at radius 2 is 1.64 bits per heavy atom. The highest BCUT2D eigenvalue weighted by Gasteiger charge is 2.08. The van der Waals surface area contributed by atoms with Crippen molar-refractivity contribution in [3.05, 3.63) is 35.2 Å². The molecule has 0 spiro atoms. The molecule has 8 heteroatoms. The van der Waals surface area contributed by atoms with Crippen LogP contribution < -0.4 is 16.2 Å². The average molecular weight is 303 g/mol. The highest BCUT2D eigenvalue weighted by Crippen LogP contribution is 2.16. The van der Waals surface area contributed by atoms with Gasteiger partial charge in [-0.25, -0.2) is 4.79 Å². The predicted molar refractivity (Wildman–Crippen MR) is 79.9 cm³/mol. The minimum absolute atomic E-state index is 0.0231. The molecule has 22 heavy (non-hydrogen) atoms. The molecule has 0 bridgehead atoms. The van der Waals surface area contributed by atoms with E-state index in [0.717, 1.165) is 11.1 Å². The predicted octanol–water partition coefficient (Wildman–Crippen LogP) is 0.775. The molecule has 0 aliphatic rings. The number of rotatable bonds is 5. The van der Waals surface area contributed by atoms with Crippen LogP contribution in [-0.2, 0) is 16.1 Å². The fourth-order valence-corrected chi connectivity index (χ4v) is 1.87. The van der Waals surface area contributed by atoms with Gasteiger partial charge in [0.2, 0.25) is 11.9 Å². The van der Waals surface area contributed by atoms with Gasteiger partial charge in [-0.2, -0.15) is 15.0 Å². The molecule has 2 rings (SSSR count). The van der Waals surface area contributed by atoms with Gasteiger partial charge in [0.15, 0.2) is 19.0 Å². The third-order valence-electron chi connectivity index (χ3n) is 2.63. The lowest BCUT2D eigenvalue weighted by molar-refractivity contribution is -0.147. The molecule has 0 saturated heterocycles. The second-order valence-electron chi connectivity index (χ2n) is 4.74. The summed E-state index contributed by atoms with van der Waals surface area (Å²) in [5, 5.41) is 0. The summed E-state index contributed by atoms with van der Waals surface area (Å²) < 4.78 is 10.4. The summed E-state index contributed by atoms with van der Waals surface area (Å²) >= 11 is 0. The number of esters is 1. The summed E-state index contributed by atoms with van der Waals surface area (Å²) in [7, 11) is 0. The maximum Gasteiger partial charge on any atom is 0.344 e. The first-order valence-electron chi connectivity index (χ1n) is 6.55. The Kier molecular flexibility index (Phi) is 4.72. The van der Waals surface area contributed by atoms with Crippen LogP contribution in [0.2, 0.25) is 0 Å². The van der Waals surface area contributed by atoms with E-state index in [9.17, 15) is 4.79 Å². The lowest BCUT2D eigenvalue weighted by Crippen LogP contribution is -2.16. The lowest BCUT2D eigenvalue weighted by atomic mass is 10.1. The van der Waals surface area contributed by atoms with E-state index in [-0.39, 0.29) is 30.9 Å². The van der Waals surface area contributed by atoms with Crippen molar-refractivity contribution in [2.75, 3.05) is 18.1 Å². The standard InChI is InChI=1S/C14H17N5O3/c1-8-3-9(2)5-10(4-8)21-7-12(20)22-6-11-17-13(15)19-14(16)18-11/h3-5H,6-7H2,1-2H3,(H4,15,16,17,18,19). The first kappa shape index (κ1) is 15.5. The molecular formula is C14H17N5O3. The molecule has 1 heterocycles. The number of hydrogen-bond acceptors (Lipinski definition) is 8. The van der Waals surface area contributed by atoms with Gasteiger partial charge in [0.25, 0.3) is 0 Å². The van der Waals surface area contributed by atoms with Gasteiger partial charge in [0.05, 0.1) is 0 Å². The third-order valence-corrected chi connectivity index (χ3v) is 2.63. The third kappa shape index (κ3) is 4.58. The highest BCUT2D eigenvalue weighted by molar-refractivity contribution is 5.71. The van der Waals surface area contributed by atoms with Crippen molar-refractivity contribution in [2.24, 2.45) is 0 Å². The van der Waals surface area contributed by atoms with E-state index < -0.39 is 5.97 Å². The Bertz CT molecular complexity index is 592. The number of nitrogens with zero attached hydrogens (tertiary/aromatic N) is 3. The first-order chi connectivity index (χ1) is 10.4. The second-order valence-corrected chi connectivity index (χ2v) is 4.74. The highest BCUT2D eigenvalue weighted by atomic mass is 16.6. The monoisotopic (exact) mass is 303 g/mol. The van der Waals surface area contributed by atoms with Gasteiger partial charge in [-0.1, -0.05) is 6.07 Å². The Morgan fingerprint density at radius 1 is 1.05 bits per heavy atom. The molecule has 4 N–H and O–H groups in total. The van der Waals surface area contributed by atoms with Gasteiger partial charge in [-0.15, -0.1) is 0 Å². The van der Waals surface area contributed by atoms with Crippen molar-refractivity contribution >= 4 is 17.9 Å². The van der Waals surface area contributed by atoms with Crippen LogP contribution in [0.5, 0.6) is 5.75 Å². The minimum Gasteiger partial charge on any atom is -0.482 e. The van der Waals surface area contributed by atoms with Crippen molar-refractivity contribution in [2.45, 2.75) is 20.5 Å². The van der Waals surface area contributed by atoms with Crippen molar-refractivity contribution in [1.82, 2.24) is 15.0 Å². The maximum absolute atomic E-state index is 11.6. The number of nitrogen functional groups attached to an aromatic ring is 2. The molecule has 1 aromatic carbocycles. The quantitative estimate of drug-likeness (QED) is 0.776. The van der Waals surface area contributed by atoms with Crippen LogP contribution in [-0.4, -0.2) is 27.5 Å². The Labute approximate surface area is 127 Å². The van der Waals surface area contributed by atoms with Crippen molar-refractivity contribution in [3.63, 3.8) is 0 Å². The van der Waals surface area contributed by atoms with E-state index in [2.05, 4.69) is 15.0 Å². The number of hydrogen-bond donors (Lipinski definition) is 2. The van der Waals surface area contributed by atoms with Gasteiger partial charge < -0.3 is 20.9 Å². The first-order valence-corrected chi connectivity index (χ1v) is 6.55. The fourth-order valence-electron chi connectivity index (χ4n) is 1.87. The van der Waals surface area contributed by atoms with Crippen LogP contribution in [0.3, 0.4) is 0 Å². The van der Waals surface area contributed by atoms with Gasteiger partial charge in [0, 0.05) is 0 Å². The summed E-state index contributed by atoms with van der Waals surface area (Å²) in [5.41, 5.74) is 13.0. The number of carbonyl (C=O) groups is 1. The normalized spacial score (nSPS) is 10.3. The van der Waals surface area contributed by atoms with Crippen LogP contribution in [0.15, 0.2) is 18.2 Å². The van der Waals surface area contributed by atoms with Crippen LogP contribution >= 0.6 is 0 Å². The number of anilines is 2. The van der Waals surface area contributed by atoms with Gasteiger partial charge in [-0.3, -0.25) is 0 Å². The largest absolute Gasteiger partial charge is 0.482 e. The molecule has 1 aromatic heterocycles. The summed E-state index contributed by atoms with van der Waals surface area (Å²) in [6.07, 6.45) is 0. The van der Waals surface area contributed by atoms with Crippen LogP contribution in [0.1, 0.15) is 17.0 Å². The topological polar surface area (TPSA) is 126 Å². The molecule has 0 aliphatic carbocycles. The SMILES string of the molecule is Cc1cc(C)cc(OCC(=O)OCc2nc(N)nc(N)n2)c1.